The van der Waals surface area contributed by atoms with Crippen LogP contribution in [-0.2, 0) is 4.79 Å². The van der Waals surface area contributed by atoms with Crippen LogP contribution in [-0.4, -0.2) is 10.9 Å². The Bertz CT molecular complexity index is 753. The van der Waals surface area contributed by atoms with Gasteiger partial charge in [-0.25, -0.2) is 4.98 Å². The fraction of sp³-hybridized carbons (Fsp3) is 0. The molecule has 0 bridgehead atoms. The minimum absolute atomic E-state index is 0.0929. The summed E-state index contributed by atoms with van der Waals surface area (Å²) in [6, 6.07) is 12.1. The van der Waals surface area contributed by atoms with Crippen LogP contribution in [0.25, 0.3) is 0 Å². The van der Waals surface area contributed by atoms with Crippen molar-refractivity contribution in [3.63, 3.8) is 0 Å². The molecule has 1 aromatic carbocycles. The molecule has 0 aliphatic heterocycles. The van der Waals surface area contributed by atoms with Crippen molar-refractivity contribution in [3.8, 4) is 6.07 Å². The van der Waals surface area contributed by atoms with E-state index >= 15 is 0 Å². The number of nitrogens with zero attached hydrogens (tertiary/aromatic N) is 2. The molecule has 2 N–H and O–H groups in total. The predicted molar refractivity (Wildman–Crippen MR) is 89.3 cm³/mol. The quantitative estimate of drug-likeness (QED) is 0.624. The summed E-state index contributed by atoms with van der Waals surface area (Å²) in [6.07, 6.45) is 2.90. The van der Waals surface area contributed by atoms with Gasteiger partial charge in [-0.1, -0.05) is 23.7 Å². The number of hydrogen-bond donors (Lipinski definition) is 2. The molecule has 2 rings (SSSR count). The standard InChI is InChI=1S/C15H10BrClN4O/c16-11-5-6-14(20-9-11)19-8-10(7-18)15(22)21-13-4-2-1-3-12(13)17/h1-6,8-9H,(H,19,20)(H,21,22)/b10-8-. The van der Waals surface area contributed by atoms with Crippen LogP contribution in [0.2, 0.25) is 5.02 Å². The minimum Gasteiger partial charge on any atom is -0.345 e. The van der Waals surface area contributed by atoms with E-state index in [2.05, 4.69) is 31.5 Å². The van der Waals surface area contributed by atoms with E-state index in [-0.39, 0.29) is 5.57 Å². The number of nitriles is 1. The number of nitrogens with one attached hydrogen (secondary N) is 2. The van der Waals surface area contributed by atoms with Crippen LogP contribution in [0.4, 0.5) is 11.5 Å². The molecule has 5 nitrogen and oxygen atoms in total. The first-order valence-electron chi connectivity index (χ1n) is 6.14. The minimum atomic E-state index is -0.555. The molecule has 2 aromatic rings. The van der Waals surface area contributed by atoms with Crippen LogP contribution < -0.4 is 10.6 Å². The number of carbonyl (C=O) groups is 1. The molecule has 0 radical (unpaired) electrons. The molecule has 0 fully saturated rings. The number of hydrogen-bond acceptors (Lipinski definition) is 4. The van der Waals surface area contributed by atoms with Gasteiger partial charge in [-0.05, 0) is 40.2 Å². The van der Waals surface area contributed by atoms with Crippen LogP contribution in [0.1, 0.15) is 0 Å². The average molecular weight is 378 g/mol. The lowest BCUT2D eigenvalue weighted by molar-refractivity contribution is -0.112. The maximum Gasteiger partial charge on any atom is 0.267 e. The molecule has 1 amide bonds. The number of benzene rings is 1. The van der Waals surface area contributed by atoms with Crippen molar-refractivity contribution in [1.82, 2.24) is 4.98 Å². The first kappa shape index (κ1) is 16.0. The summed E-state index contributed by atoms with van der Waals surface area (Å²) < 4.78 is 0.832. The van der Waals surface area contributed by atoms with Crippen molar-refractivity contribution in [2.75, 3.05) is 10.6 Å². The van der Waals surface area contributed by atoms with E-state index in [9.17, 15) is 4.79 Å². The number of para-hydroxylation sites is 1. The van der Waals surface area contributed by atoms with Crippen molar-refractivity contribution in [2.45, 2.75) is 0 Å². The fourth-order valence-electron chi connectivity index (χ4n) is 1.51. The van der Waals surface area contributed by atoms with Gasteiger partial charge in [-0.3, -0.25) is 4.79 Å². The number of amides is 1. The summed E-state index contributed by atoms with van der Waals surface area (Å²) in [5.41, 5.74) is 0.349. The van der Waals surface area contributed by atoms with E-state index in [1.165, 1.54) is 6.20 Å². The topological polar surface area (TPSA) is 77.8 Å². The molecule has 0 saturated carbocycles. The number of carbonyl (C=O) groups excluding carboxylic acids is 1. The predicted octanol–water partition coefficient (Wildman–Crippen LogP) is 3.96. The highest BCUT2D eigenvalue weighted by Crippen LogP contribution is 2.21. The number of halogens is 2. The summed E-state index contributed by atoms with van der Waals surface area (Å²) in [4.78, 5) is 16.1. The Labute approximate surface area is 140 Å². The zero-order valence-electron chi connectivity index (χ0n) is 11.2. The summed E-state index contributed by atoms with van der Waals surface area (Å²) in [7, 11) is 0. The molecule has 0 aliphatic rings. The van der Waals surface area contributed by atoms with E-state index in [1.54, 1.807) is 42.6 Å². The van der Waals surface area contributed by atoms with Crippen LogP contribution in [0, 0.1) is 11.3 Å². The molecular formula is C15H10BrClN4O. The Balaban J connectivity index is 2.09. The molecule has 0 spiro atoms. The lowest BCUT2D eigenvalue weighted by atomic mass is 10.2. The molecule has 1 aromatic heterocycles. The van der Waals surface area contributed by atoms with Gasteiger partial charge in [0, 0.05) is 16.9 Å². The first-order chi connectivity index (χ1) is 10.6. The van der Waals surface area contributed by atoms with E-state index in [1.807, 2.05) is 6.07 Å². The van der Waals surface area contributed by atoms with Gasteiger partial charge in [0.1, 0.15) is 17.5 Å². The van der Waals surface area contributed by atoms with Crippen molar-refractivity contribution < 1.29 is 4.79 Å². The van der Waals surface area contributed by atoms with Crippen molar-refractivity contribution in [2.24, 2.45) is 0 Å². The SMILES string of the molecule is N#C/C(=C/Nc1ccc(Br)cn1)C(=O)Nc1ccccc1Cl. The second-order valence-corrected chi connectivity index (χ2v) is 5.43. The lowest BCUT2D eigenvalue weighted by Gasteiger charge is -2.06. The highest BCUT2D eigenvalue weighted by Gasteiger charge is 2.10. The third-order valence-electron chi connectivity index (χ3n) is 2.58. The largest absolute Gasteiger partial charge is 0.345 e. The normalized spacial score (nSPS) is 10.7. The molecule has 110 valence electrons. The lowest BCUT2D eigenvalue weighted by Crippen LogP contribution is -2.14. The molecule has 1 heterocycles. The Morgan fingerprint density at radius 2 is 2.09 bits per heavy atom. The van der Waals surface area contributed by atoms with Crippen molar-refractivity contribution >= 4 is 44.9 Å². The van der Waals surface area contributed by atoms with Gasteiger partial charge >= 0.3 is 0 Å². The number of aromatic nitrogens is 1. The van der Waals surface area contributed by atoms with Gasteiger partial charge in [-0.15, -0.1) is 0 Å². The van der Waals surface area contributed by atoms with Gasteiger partial charge in [0.2, 0.25) is 0 Å². The van der Waals surface area contributed by atoms with Crippen LogP contribution in [0.5, 0.6) is 0 Å². The Morgan fingerprint density at radius 3 is 2.73 bits per heavy atom. The van der Waals surface area contributed by atoms with Gasteiger partial charge in [0.15, 0.2) is 0 Å². The zero-order valence-corrected chi connectivity index (χ0v) is 13.5. The smallest absolute Gasteiger partial charge is 0.267 e. The Hall–Kier alpha value is -2.36. The second kappa shape index (κ2) is 7.59. The molecular weight excluding hydrogens is 368 g/mol. The number of anilines is 2. The molecule has 0 aliphatic carbocycles. The summed E-state index contributed by atoms with van der Waals surface area (Å²) >= 11 is 9.23. The first-order valence-corrected chi connectivity index (χ1v) is 7.31. The number of pyridine rings is 1. The average Bonchev–Trinajstić information content (AvgIpc) is 2.52. The number of rotatable bonds is 4. The van der Waals surface area contributed by atoms with Gasteiger partial charge in [-0.2, -0.15) is 5.26 Å². The highest BCUT2D eigenvalue weighted by molar-refractivity contribution is 9.10. The van der Waals surface area contributed by atoms with Crippen LogP contribution in [0.3, 0.4) is 0 Å². The maximum absolute atomic E-state index is 12.0. The van der Waals surface area contributed by atoms with E-state index in [0.29, 0.717) is 16.5 Å². The van der Waals surface area contributed by atoms with Crippen LogP contribution >= 0.6 is 27.5 Å². The fourth-order valence-corrected chi connectivity index (χ4v) is 1.93. The van der Waals surface area contributed by atoms with Gasteiger partial charge in [0.05, 0.1) is 10.7 Å². The zero-order chi connectivity index (χ0) is 15.9. The van der Waals surface area contributed by atoms with E-state index in [4.69, 9.17) is 16.9 Å². The van der Waals surface area contributed by atoms with Gasteiger partial charge in [0.25, 0.3) is 5.91 Å². The molecule has 7 heteroatoms. The summed E-state index contributed by atoms with van der Waals surface area (Å²) in [5.74, 6) is -0.0401. The molecule has 0 atom stereocenters. The third kappa shape index (κ3) is 4.32. The molecule has 0 saturated heterocycles. The van der Waals surface area contributed by atoms with E-state index < -0.39 is 5.91 Å². The van der Waals surface area contributed by atoms with Crippen molar-refractivity contribution in [1.29, 1.82) is 5.26 Å². The van der Waals surface area contributed by atoms with Crippen molar-refractivity contribution in [3.05, 3.63) is 63.9 Å². The second-order valence-electron chi connectivity index (χ2n) is 4.11. The Kier molecular flexibility index (Phi) is 5.53. The monoisotopic (exact) mass is 376 g/mol. The summed E-state index contributed by atoms with van der Waals surface area (Å²) in [5, 5.41) is 14.9. The summed E-state index contributed by atoms with van der Waals surface area (Å²) in [6.45, 7) is 0. The maximum atomic E-state index is 12.0. The third-order valence-corrected chi connectivity index (χ3v) is 3.38. The molecule has 0 unspecified atom stereocenters. The van der Waals surface area contributed by atoms with E-state index in [0.717, 1.165) is 4.47 Å². The Morgan fingerprint density at radius 1 is 1.32 bits per heavy atom. The molecule has 22 heavy (non-hydrogen) atoms. The van der Waals surface area contributed by atoms with Crippen LogP contribution in [0.15, 0.2) is 58.8 Å². The highest BCUT2D eigenvalue weighted by atomic mass is 79.9. The van der Waals surface area contributed by atoms with Gasteiger partial charge < -0.3 is 10.6 Å².